The maximum absolute atomic E-state index is 13.2. The number of hydrogen-bond acceptors (Lipinski definition) is 5. The topological polar surface area (TPSA) is 93.5 Å². The second-order valence-corrected chi connectivity index (χ2v) is 9.62. The molecule has 2 aromatic carbocycles. The van der Waals surface area contributed by atoms with Gasteiger partial charge >= 0.3 is 0 Å². The number of sulfonamides is 1. The van der Waals surface area contributed by atoms with Gasteiger partial charge in [0.05, 0.1) is 29.6 Å². The highest BCUT2D eigenvalue weighted by Crippen LogP contribution is 2.23. The van der Waals surface area contributed by atoms with Crippen molar-refractivity contribution >= 4 is 21.6 Å². The van der Waals surface area contributed by atoms with Gasteiger partial charge in [0.1, 0.15) is 11.5 Å². The fraction of sp³-hybridized carbons (Fsp3) is 0.273. The number of nitrogens with zero attached hydrogens (tertiary/aromatic N) is 3. The van der Waals surface area contributed by atoms with Gasteiger partial charge in [0.25, 0.3) is 5.91 Å². The van der Waals surface area contributed by atoms with E-state index in [2.05, 4.69) is 10.3 Å². The zero-order chi connectivity index (χ0) is 22.9. The number of anilines is 1. The number of carbonyl (C=O) groups is 1. The van der Waals surface area contributed by atoms with Crippen molar-refractivity contribution in [3.63, 3.8) is 0 Å². The molecule has 0 bridgehead atoms. The van der Waals surface area contributed by atoms with E-state index in [9.17, 15) is 17.6 Å². The molecule has 10 heteroatoms. The van der Waals surface area contributed by atoms with Crippen LogP contribution in [0.5, 0.6) is 0 Å². The van der Waals surface area contributed by atoms with E-state index in [1.807, 2.05) is 13.8 Å². The van der Waals surface area contributed by atoms with Gasteiger partial charge < -0.3 is 10.1 Å². The van der Waals surface area contributed by atoms with E-state index in [4.69, 9.17) is 4.74 Å². The number of morpholine rings is 1. The van der Waals surface area contributed by atoms with Crippen LogP contribution in [0.25, 0.3) is 5.69 Å². The molecule has 1 aliphatic heterocycles. The molecule has 1 saturated heterocycles. The number of halogens is 1. The Morgan fingerprint density at radius 2 is 1.69 bits per heavy atom. The lowest BCUT2D eigenvalue weighted by Crippen LogP contribution is -2.48. The molecular formula is C22H23FN4O4S. The maximum Gasteiger partial charge on any atom is 0.274 e. The number of ether oxygens (including phenoxy) is 1. The van der Waals surface area contributed by atoms with Gasteiger partial charge in [-0.2, -0.15) is 4.31 Å². The lowest BCUT2D eigenvalue weighted by Gasteiger charge is -2.34. The van der Waals surface area contributed by atoms with Gasteiger partial charge in [-0.05, 0) is 62.4 Å². The SMILES string of the molecule is CC1CN(S(=O)(=O)c2ccc(NC(=O)c3cncn3-c3ccc(F)cc3)cc2)CC(C)O1. The van der Waals surface area contributed by atoms with Gasteiger partial charge in [-0.3, -0.25) is 9.36 Å². The van der Waals surface area contributed by atoms with Crippen molar-refractivity contribution in [1.82, 2.24) is 13.9 Å². The Hall–Kier alpha value is -3.08. The van der Waals surface area contributed by atoms with Crippen LogP contribution in [0.2, 0.25) is 0 Å². The average Bonchev–Trinajstić information content (AvgIpc) is 3.24. The molecule has 168 valence electrons. The first-order valence-electron chi connectivity index (χ1n) is 10.1. The molecule has 1 amide bonds. The minimum atomic E-state index is -3.67. The molecule has 1 aromatic heterocycles. The molecule has 0 spiro atoms. The number of aromatic nitrogens is 2. The van der Waals surface area contributed by atoms with Gasteiger partial charge in [0.15, 0.2) is 0 Å². The summed E-state index contributed by atoms with van der Waals surface area (Å²) >= 11 is 0. The van der Waals surface area contributed by atoms with Crippen LogP contribution in [0.1, 0.15) is 24.3 Å². The molecule has 0 radical (unpaired) electrons. The zero-order valence-corrected chi connectivity index (χ0v) is 18.4. The maximum atomic E-state index is 13.2. The van der Waals surface area contributed by atoms with Crippen LogP contribution >= 0.6 is 0 Å². The molecule has 32 heavy (non-hydrogen) atoms. The first kappa shape index (κ1) is 22.1. The van der Waals surface area contributed by atoms with Gasteiger partial charge in [-0.25, -0.2) is 17.8 Å². The van der Waals surface area contributed by atoms with Crippen molar-refractivity contribution in [2.45, 2.75) is 31.0 Å². The third-order valence-electron chi connectivity index (χ3n) is 5.11. The molecule has 1 fully saturated rings. The Labute approximate surface area is 185 Å². The fourth-order valence-corrected chi connectivity index (χ4v) is 5.24. The molecule has 0 aliphatic carbocycles. The summed E-state index contributed by atoms with van der Waals surface area (Å²) in [6.45, 7) is 4.26. The Balaban J connectivity index is 1.49. The first-order valence-corrected chi connectivity index (χ1v) is 11.5. The third-order valence-corrected chi connectivity index (χ3v) is 6.96. The van der Waals surface area contributed by atoms with Crippen molar-refractivity contribution in [3.8, 4) is 5.69 Å². The van der Waals surface area contributed by atoms with Crippen LogP contribution in [0.3, 0.4) is 0 Å². The highest BCUT2D eigenvalue weighted by atomic mass is 32.2. The van der Waals surface area contributed by atoms with E-state index < -0.39 is 15.9 Å². The predicted octanol–water partition coefficient (Wildman–Crippen LogP) is 3.06. The standard InChI is InChI=1S/C22H23FN4O4S/c1-15-12-26(13-16(2)31-15)32(29,30)20-9-5-18(6-10-20)25-22(28)21-11-24-14-27(21)19-7-3-17(23)4-8-19/h3-11,14-16H,12-13H2,1-2H3,(H,25,28). The van der Waals surface area contributed by atoms with Crippen molar-refractivity contribution in [1.29, 1.82) is 0 Å². The molecule has 2 atom stereocenters. The normalized spacial score (nSPS) is 19.6. The number of nitrogens with one attached hydrogen (secondary N) is 1. The van der Waals surface area contributed by atoms with Gasteiger partial charge in [0.2, 0.25) is 10.0 Å². The summed E-state index contributed by atoms with van der Waals surface area (Å²) in [5.41, 5.74) is 1.28. The molecule has 4 rings (SSSR count). The number of rotatable bonds is 5. The van der Waals surface area contributed by atoms with Crippen LogP contribution in [-0.2, 0) is 14.8 Å². The summed E-state index contributed by atoms with van der Waals surface area (Å²) in [5, 5.41) is 2.74. The number of imidazole rings is 1. The van der Waals surface area contributed by atoms with E-state index in [1.54, 1.807) is 12.1 Å². The monoisotopic (exact) mass is 458 g/mol. The molecule has 1 aliphatic rings. The van der Waals surface area contributed by atoms with Crippen molar-refractivity contribution in [3.05, 3.63) is 72.6 Å². The summed E-state index contributed by atoms with van der Waals surface area (Å²) in [6, 6.07) is 11.7. The summed E-state index contributed by atoms with van der Waals surface area (Å²) in [7, 11) is -3.67. The molecular weight excluding hydrogens is 435 g/mol. The summed E-state index contributed by atoms with van der Waals surface area (Å²) in [6.07, 6.45) is 2.50. The second kappa shape index (κ2) is 8.81. The Morgan fingerprint density at radius 1 is 1.06 bits per heavy atom. The molecule has 2 unspecified atom stereocenters. The van der Waals surface area contributed by atoms with Crippen LogP contribution < -0.4 is 5.32 Å². The number of hydrogen-bond donors (Lipinski definition) is 1. The molecule has 0 saturated carbocycles. The van der Waals surface area contributed by atoms with E-state index in [0.29, 0.717) is 24.5 Å². The smallest absolute Gasteiger partial charge is 0.274 e. The Kier molecular flexibility index (Phi) is 6.09. The van der Waals surface area contributed by atoms with E-state index in [0.717, 1.165) is 0 Å². The van der Waals surface area contributed by atoms with Crippen LogP contribution in [0, 0.1) is 5.82 Å². The Morgan fingerprint density at radius 3 is 2.31 bits per heavy atom. The number of amides is 1. The minimum Gasteiger partial charge on any atom is -0.373 e. The predicted molar refractivity (Wildman–Crippen MR) is 117 cm³/mol. The molecule has 8 nitrogen and oxygen atoms in total. The van der Waals surface area contributed by atoms with Gasteiger partial charge in [-0.15, -0.1) is 0 Å². The lowest BCUT2D eigenvalue weighted by molar-refractivity contribution is -0.0440. The lowest BCUT2D eigenvalue weighted by atomic mass is 10.3. The average molecular weight is 459 g/mol. The molecule has 3 aromatic rings. The van der Waals surface area contributed by atoms with E-state index >= 15 is 0 Å². The van der Waals surface area contributed by atoms with Gasteiger partial charge in [-0.1, -0.05) is 0 Å². The Bertz CT molecular complexity index is 1200. The second-order valence-electron chi connectivity index (χ2n) is 7.68. The minimum absolute atomic E-state index is 0.146. The van der Waals surface area contributed by atoms with Crippen molar-refractivity contribution in [2.75, 3.05) is 18.4 Å². The van der Waals surface area contributed by atoms with Crippen molar-refractivity contribution in [2.24, 2.45) is 0 Å². The van der Waals surface area contributed by atoms with E-state index in [-0.39, 0.29) is 28.6 Å². The van der Waals surface area contributed by atoms with Gasteiger partial charge in [0, 0.05) is 24.5 Å². The van der Waals surface area contributed by atoms with Crippen LogP contribution in [0.15, 0.2) is 66.0 Å². The first-order chi connectivity index (χ1) is 15.2. The molecule has 1 N–H and O–H groups in total. The molecule has 2 heterocycles. The number of carbonyl (C=O) groups excluding carboxylic acids is 1. The largest absolute Gasteiger partial charge is 0.373 e. The fourth-order valence-electron chi connectivity index (χ4n) is 3.65. The van der Waals surface area contributed by atoms with Crippen LogP contribution in [-0.4, -0.2) is 53.5 Å². The quantitative estimate of drug-likeness (QED) is 0.634. The summed E-state index contributed by atoms with van der Waals surface area (Å²) in [4.78, 5) is 16.9. The van der Waals surface area contributed by atoms with Crippen molar-refractivity contribution < 1.29 is 22.3 Å². The highest BCUT2D eigenvalue weighted by molar-refractivity contribution is 7.89. The summed E-state index contributed by atoms with van der Waals surface area (Å²) in [5.74, 6) is -0.811. The highest BCUT2D eigenvalue weighted by Gasteiger charge is 2.32. The third kappa shape index (κ3) is 4.57. The summed E-state index contributed by atoms with van der Waals surface area (Å²) < 4.78 is 47.7. The van der Waals surface area contributed by atoms with Crippen LogP contribution in [0.4, 0.5) is 10.1 Å². The number of benzene rings is 2. The zero-order valence-electron chi connectivity index (χ0n) is 17.6. The van der Waals surface area contributed by atoms with E-state index in [1.165, 1.54) is 57.8 Å².